The lowest BCUT2D eigenvalue weighted by molar-refractivity contribution is 0.179. The van der Waals surface area contributed by atoms with Crippen LogP contribution in [0.4, 0.5) is 4.79 Å². The molecular weight excluding hydrogens is 640 g/mol. The zero-order valence-electron chi connectivity index (χ0n) is 20.4. The average Bonchev–Trinajstić information content (AvgIpc) is 3.14. The number of unbranched alkanes of at least 4 members (excludes halogenated alkanes) is 2. The number of aromatic nitrogens is 1. The third-order valence-electron chi connectivity index (χ3n) is 6.14. The van der Waals surface area contributed by atoms with E-state index in [9.17, 15) is 18.3 Å². The van der Waals surface area contributed by atoms with Gasteiger partial charge in [-0.25, -0.2) is 13.2 Å². The van der Waals surface area contributed by atoms with E-state index < -0.39 is 27.8 Å². The molecule has 8 nitrogen and oxygen atoms in total. The number of amides is 1. The smallest absolute Gasteiger partial charge is 0.404 e. The van der Waals surface area contributed by atoms with Gasteiger partial charge in [-0.15, -0.1) is 0 Å². The Hall–Kier alpha value is -2.60. The molecule has 3 aromatic carbocycles. The Labute approximate surface area is 237 Å². The predicted molar refractivity (Wildman–Crippen MR) is 155 cm³/mol. The number of carbonyl (C=O) groups is 1. The number of fused-ring (bicyclic) bond motifs is 3. The molecule has 3 N–H and O–H groups in total. The maximum Gasteiger partial charge on any atom is 0.404 e. The fourth-order valence-corrected chi connectivity index (χ4v) is 6.47. The number of hydrogen-bond donors (Lipinski definition) is 3. The average molecular weight is 668 g/mol. The van der Waals surface area contributed by atoms with Crippen LogP contribution in [0.1, 0.15) is 19.3 Å². The molecule has 1 heterocycles. The minimum Gasteiger partial charge on any atom is -0.494 e. The van der Waals surface area contributed by atoms with Crippen molar-refractivity contribution in [1.82, 2.24) is 9.88 Å². The Morgan fingerprint density at radius 2 is 1.53 bits per heavy atom. The molecule has 11 heteroatoms. The number of ether oxygens (including phenoxy) is 1. The van der Waals surface area contributed by atoms with Crippen LogP contribution in [0.15, 0.2) is 74.5 Å². The second-order valence-electron chi connectivity index (χ2n) is 8.98. The molecule has 38 heavy (non-hydrogen) atoms. The highest BCUT2D eigenvalue weighted by Gasteiger charge is 2.22. The molecule has 1 atom stereocenters. The van der Waals surface area contributed by atoms with Crippen molar-refractivity contribution in [3.63, 3.8) is 0 Å². The number of aliphatic hydroxyl groups is 1. The molecular formula is C27H28Br2N2O6S. The highest BCUT2D eigenvalue weighted by atomic mass is 79.9. The van der Waals surface area contributed by atoms with Crippen molar-refractivity contribution in [3.8, 4) is 5.75 Å². The number of halogens is 2. The van der Waals surface area contributed by atoms with Gasteiger partial charge in [-0.1, -0.05) is 31.9 Å². The highest BCUT2D eigenvalue weighted by molar-refractivity contribution is 9.10. The zero-order valence-corrected chi connectivity index (χ0v) is 24.4. The molecule has 0 saturated heterocycles. The van der Waals surface area contributed by atoms with Gasteiger partial charge < -0.3 is 24.8 Å². The third-order valence-corrected chi connectivity index (χ3v) is 8.94. The first-order valence-corrected chi connectivity index (χ1v) is 15.4. The monoisotopic (exact) mass is 666 g/mol. The molecule has 4 aromatic rings. The summed E-state index contributed by atoms with van der Waals surface area (Å²) in [7, 11) is -3.73. The molecule has 202 valence electrons. The molecule has 1 aromatic heterocycles. The molecule has 1 unspecified atom stereocenters. The van der Waals surface area contributed by atoms with E-state index in [1.807, 2.05) is 41.0 Å². The minimum atomic E-state index is -3.73. The van der Waals surface area contributed by atoms with E-state index in [0.29, 0.717) is 18.9 Å². The van der Waals surface area contributed by atoms with Crippen LogP contribution in [0.5, 0.6) is 5.75 Å². The quantitative estimate of drug-likeness (QED) is 0.160. The predicted octanol–water partition coefficient (Wildman–Crippen LogP) is 5.97. The van der Waals surface area contributed by atoms with E-state index in [1.165, 1.54) is 12.1 Å². The summed E-state index contributed by atoms with van der Waals surface area (Å²) in [5.74, 6) is 0.141. The molecule has 0 radical (unpaired) electrons. The summed E-state index contributed by atoms with van der Waals surface area (Å²) in [5, 5.41) is 23.7. The maximum atomic E-state index is 13.0. The number of aliphatic hydroxyl groups excluding tert-OH is 1. The van der Waals surface area contributed by atoms with E-state index in [4.69, 9.17) is 9.84 Å². The Morgan fingerprint density at radius 3 is 2.11 bits per heavy atom. The first kappa shape index (κ1) is 28.4. The van der Waals surface area contributed by atoms with Crippen LogP contribution >= 0.6 is 31.9 Å². The van der Waals surface area contributed by atoms with E-state index in [0.717, 1.165) is 50.0 Å². The second kappa shape index (κ2) is 12.5. The van der Waals surface area contributed by atoms with E-state index in [1.54, 1.807) is 12.1 Å². The SMILES string of the molecule is O=C(O)NCCCCCOc1ccc(S(=O)(=O)CC(O)Cn2c3ccc(Br)cc3c3cc(Br)ccc32)cc1. The van der Waals surface area contributed by atoms with Crippen LogP contribution in [-0.4, -0.2) is 54.3 Å². The third kappa shape index (κ3) is 7.07. The van der Waals surface area contributed by atoms with E-state index in [2.05, 4.69) is 37.2 Å². The van der Waals surface area contributed by atoms with Crippen LogP contribution in [0.25, 0.3) is 21.8 Å². The van der Waals surface area contributed by atoms with Crippen LogP contribution in [0.2, 0.25) is 0 Å². The molecule has 0 saturated carbocycles. The van der Waals surface area contributed by atoms with Crippen LogP contribution in [0, 0.1) is 0 Å². The molecule has 0 spiro atoms. The van der Waals surface area contributed by atoms with Gasteiger partial charge in [0.2, 0.25) is 0 Å². The normalized spacial score (nSPS) is 12.6. The molecule has 0 fully saturated rings. The molecule has 0 aliphatic rings. The van der Waals surface area contributed by atoms with Crippen LogP contribution in [-0.2, 0) is 16.4 Å². The van der Waals surface area contributed by atoms with Crippen molar-refractivity contribution >= 4 is 69.6 Å². The van der Waals surface area contributed by atoms with Gasteiger partial charge in [0.25, 0.3) is 0 Å². The summed E-state index contributed by atoms with van der Waals surface area (Å²) in [6.07, 6.45) is 0.142. The Balaban J connectivity index is 1.38. The Morgan fingerprint density at radius 1 is 0.921 bits per heavy atom. The van der Waals surface area contributed by atoms with Gasteiger partial charge in [-0.2, -0.15) is 0 Å². The zero-order chi connectivity index (χ0) is 27.3. The highest BCUT2D eigenvalue weighted by Crippen LogP contribution is 2.33. The van der Waals surface area contributed by atoms with Gasteiger partial charge in [-0.05, 0) is 79.9 Å². The summed E-state index contributed by atoms with van der Waals surface area (Å²) in [6.45, 7) is 0.982. The number of hydrogen-bond acceptors (Lipinski definition) is 5. The first-order chi connectivity index (χ1) is 18.1. The van der Waals surface area contributed by atoms with Gasteiger partial charge >= 0.3 is 6.09 Å². The lowest BCUT2D eigenvalue weighted by atomic mass is 10.2. The number of sulfone groups is 1. The summed E-state index contributed by atoms with van der Waals surface area (Å²) >= 11 is 7.04. The second-order valence-corrected chi connectivity index (χ2v) is 12.8. The van der Waals surface area contributed by atoms with Crippen molar-refractivity contribution in [2.75, 3.05) is 18.9 Å². The number of nitrogens with one attached hydrogen (secondary N) is 1. The molecule has 4 rings (SSSR count). The summed E-state index contributed by atoms with van der Waals surface area (Å²) in [5.41, 5.74) is 1.83. The largest absolute Gasteiger partial charge is 0.494 e. The number of rotatable bonds is 12. The fourth-order valence-electron chi connectivity index (χ4n) is 4.39. The van der Waals surface area contributed by atoms with Crippen molar-refractivity contribution in [1.29, 1.82) is 0 Å². The van der Waals surface area contributed by atoms with Crippen molar-refractivity contribution in [2.24, 2.45) is 0 Å². The van der Waals surface area contributed by atoms with Crippen LogP contribution < -0.4 is 10.1 Å². The van der Waals surface area contributed by atoms with Crippen molar-refractivity contribution in [2.45, 2.75) is 36.8 Å². The fraction of sp³-hybridized carbons (Fsp3) is 0.296. The van der Waals surface area contributed by atoms with Gasteiger partial charge in [-0.3, -0.25) is 0 Å². The Bertz CT molecular complexity index is 1480. The van der Waals surface area contributed by atoms with E-state index in [-0.39, 0.29) is 11.4 Å². The Kier molecular flexibility index (Phi) is 9.35. The van der Waals surface area contributed by atoms with Gasteiger partial charge in [0.05, 0.1) is 29.9 Å². The summed E-state index contributed by atoms with van der Waals surface area (Å²) in [4.78, 5) is 10.5. The van der Waals surface area contributed by atoms with Crippen LogP contribution in [0.3, 0.4) is 0 Å². The lowest BCUT2D eigenvalue weighted by Gasteiger charge is -2.15. The van der Waals surface area contributed by atoms with Gasteiger partial charge in [0.15, 0.2) is 9.84 Å². The minimum absolute atomic E-state index is 0.124. The van der Waals surface area contributed by atoms with Crippen molar-refractivity contribution < 1.29 is 28.2 Å². The van der Waals surface area contributed by atoms with Gasteiger partial charge in [0.1, 0.15) is 5.75 Å². The summed E-state index contributed by atoms with van der Waals surface area (Å²) < 4.78 is 35.6. The molecule has 0 aliphatic carbocycles. The van der Waals surface area contributed by atoms with Gasteiger partial charge in [0, 0.05) is 37.3 Å². The molecule has 0 bridgehead atoms. The topological polar surface area (TPSA) is 118 Å². The van der Waals surface area contributed by atoms with Crippen molar-refractivity contribution in [3.05, 3.63) is 69.6 Å². The number of carboxylic acid groups (broad SMARTS) is 1. The first-order valence-electron chi connectivity index (χ1n) is 12.1. The number of benzene rings is 3. The molecule has 1 amide bonds. The maximum absolute atomic E-state index is 13.0. The van der Waals surface area contributed by atoms with E-state index >= 15 is 0 Å². The summed E-state index contributed by atoms with van der Waals surface area (Å²) in [6, 6.07) is 18.0. The molecule has 0 aliphatic heterocycles. The lowest BCUT2D eigenvalue weighted by Crippen LogP contribution is -2.25. The standard InChI is InChI=1S/C27H28Br2N2O6S/c28-18-4-10-25-23(14-18)24-15-19(29)5-11-26(24)31(25)16-20(32)17-38(35,36)22-8-6-21(7-9-22)37-13-3-1-2-12-30-27(33)34/h4-11,14-15,20,30,32H,1-3,12-13,16-17H2,(H,33,34). The number of nitrogens with zero attached hydrogens (tertiary/aromatic N) is 1.